The van der Waals surface area contributed by atoms with E-state index in [0.29, 0.717) is 18.8 Å². The molecule has 0 atom stereocenters. The summed E-state index contributed by atoms with van der Waals surface area (Å²) in [4.78, 5) is 37.3. The van der Waals surface area contributed by atoms with Crippen molar-refractivity contribution in [2.24, 2.45) is 5.92 Å². The molecular formula is C14H18N2O4. The maximum atomic E-state index is 12.1. The van der Waals surface area contributed by atoms with Gasteiger partial charge >= 0.3 is 5.97 Å². The molecule has 20 heavy (non-hydrogen) atoms. The van der Waals surface area contributed by atoms with Gasteiger partial charge in [0.25, 0.3) is 5.91 Å². The minimum absolute atomic E-state index is 0.174. The highest BCUT2D eigenvalue weighted by Crippen LogP contribution is 2.32. The van der Waals surface area contributed by atoms with E-state index < -0.39 is 17.4 Å². The largest absolute Gasteiger partial charge is 0.480 e. The van der Waals surface area contributed by atoms with Gasteiger partial charge in [0.05, 0.1) is 0 Å². The Morgan fingerprint density at radius 1 is 1.40 bits per heavy atom. The summed E-state index contributed by atoms with van der Waals surface area (Å²) in [6, 6.07) is 2.62. The first-order valence-electron chi connectivity index (χ1n) is 6.67. The molecule has 1 aromatic rings. The Hall–Kier alpha value is -2.11. The van der Waals surface area contributed by atoms with E-state index in [1.807, 2.05) is 0 Å². The van der Waals surface area contributed by atoms with Gasteiger partial charge in [0.15, 0.2) is 0 Å². The van der Waals surface area contributed by atoms with Gasteiger partial charge in [-0.3, -0.25) is 9.59 Å². The fourth-order valence-corrected chi connectivity index (χ4v) is 2.52. The highest BCUT2D eigenvalue weighted by Gasteiger charge is 2.42. The Morgan fingerprint density at radius 2 is 2.05 bits per heavy atom. The number of aliphatic carboxylic acids is 1. The van der Waals surface area contributed by atoms with E-state index >= 15 is 0 Å². The Morgan fingerprint density at radius 3 is 2.60 bits per heavy atom. The van der Waals surface area contributed by atoms with Gasteiger partial charge < -0.3 is 15.4 Å². The molecule has 1 fully saturated rings. The van der Waals surface area contributed by atoms with Crippen LogP contribution < -0.4 is 10.9 Å². The fourth-order valence-electron chi connectivity index (χ4n) is 2.52. The Kier molecular flexibility index (Phi) is 3.92. The minimum atomic E-state index is -1.22. The molecule has 0 spiro atoms. The number of rotatable bonds is 3. The van der Waals surface area contributed by atoms with Crippen molar-refractivity contribution in [3.05, 3.63) is 34.2 Å². The lowest BCUT2D eigenvalue weighted by Crippen LogP contribution is -2.56. The van der Waals surface area contributed by atoms with Gasteiger partial charge in [-0.1, -0.05) is 6.92 Å². The third-order valence-corrected chi connectivity index (χ3v) is 3.93. The molecule has 1 aliphatic rings. The number of pyridine rings is 1. The van der Waals surface area contributed by atoms with Crippen molar-refractivity contribution in [2.45, 2.75) is 38.1 Å². The third-order valence-electron chi connectivity index (χ3n) is 3.93. The van der Waals surface area contributed by atoms with E-state index in [0.717, 1.165) is 18.9 Å². The molecule has 6 nitrogen and oxygen atoms in total. The number of aromatic amines is 1. The topological polar surface area (TPSA) is 99.3 Å². The number of nitrogens with one attached hydrogen (secondary N) is 2. The number of carboxylic acid groups (broad SMARTS) is 1. The zero-order chi connectivity index (χ0) is 14.8. The second-order valence-corrected chi connectivity index (χ2v) is 5.47. The summed E-state index contributed by atoms with van der Waals surface area (Å²) >= 11 is 0. The second-order valence-electron chi connectivity index (χ2n) is 5.47. The summed E-state index contributed by atoms with van der Waals surface area (Å²) < 4.78 is 0. The van der Waals surface area contributed by atoms with Crippen LogP contribution in [0.4, 0.5) is 0 Å². The number of H-pyrrole nitrogens is 1. The number of carboxylic acids is 1. The summed E-state index contributed by atoms with van der Waals surface area (Å²) in [6.07, 6.45) is 3.73. The number of aromatic nitrogens is 1. The van der Waals surface area contributed by atoms with Crippen LogP contribution in [0.1, 0.15) is 43.0 Å². The van der Waals surface area contributed by atoms with Crippen molar-refractivity contribution >= 4 is 11.9 Å². The molecule has 2 rings (SSSR count). The van der Waals surface area contributed by atoms with Crippen LogP contribution in [-0.4, -0.2) is 27.5 Å². The van der Waals surface area contributed by atoms with Crippen LogP contribution in [-0.2, 0) is 4.79 Å². The summed E-state index contributed by atoms with van der Waals surface area (Å²) in [5.41, 5.74) is -1.43. The molecule has 0 aromatic carbocycles. The van der Waals surface area contributed by atoms with E-state index in [9.17, 15) is 19.5 Å². The third kappa shape index (κ3) is 2.89. The van der Waals surface area contributed by atoms with Crippen LogP contribution in [0, 0.1) is 5.92 Å². The lowest BCUT2D eigenvalue weighted by atomic mass is 9.77. The normalized spacial score (nSPS) is 25.9. The van der Waals surface area contributed by atoms with Crippen LogP contribution in [0.5, 0.6) is 0 Å². The Balaban J connectivity index is 2.19. The molecule has 1 saturated carbocycles. The molecule has 0 saturated heterocycles. The van der Waals surface area contributed by atoms with Crippen LogP contribution in [0.25, 0.3) is 0 Å². The summed E-state index contributed by atoms with van der Waals surface area (Å²) in [5.74, 6) is -1.06. The molecule has 0 unspecified atom stereocenters. The van der Waals surface area contributed by atoms with Crippen LogP contribution >= 0.6 is 0 Å². The summed E-state index contributed by atoms with van der Waals surface area (Å²) in [7, 11) is 0. The average Bonchev–Trinajstić information content (AvgIpc) is 2.41. The van der Waals surface area contributed by atoms with Gasteiger partial charge in [-0.25, -0.2) is 4.79 Å². The maximum absolute atomic E-state index is 12.1. The van der Waals surface area contributed by atoms with Gasteiger partial charge in [0.2, 0.25) is 5.56 Å². The molecule has 0 aliphatic heterocycles. The predicted molar refractivity (Wildman–Crippen MR) is 72.5 cm³/mol. The van der Waals surface area contributed by atoms with Gasteiger partial charge in [0.1, 0.15) is 5.54 Å². The molecule has 108 valence electrons. The second kappa shape index (κ2) is 5.48. The van der Waals surface area contributed by atoms with Crippen molar-refractivity contribution in [3.63, 3.8) is 0 Å². The SMILES string of the molecule is CC1CCC(NC(=O)c2cc[nH]c(=O)c2)(C(=O)O)CC1. The minimum Gasteiger partial charge on any atom is -0.480 e. The zero-order valence-corrected chi connectivity index (χ0v) is 11.3. The first-order chi connectivity index (χ1) is 9.43. The maximum Gasteiger partial charge on any atom is 0.329 e. The van der Waals surface area contributed by atoms with Gasteiger partial charge in [-0.2, -0.15) is 0 Å². The standard InChI is InChI=1S/C14H18N2O4/c1-9-2-5-14(6-3-9,13(19)20)16-12(18)10-4-7-15-11(17)8-10/h4,7-9H,2-3,5-6H2,1H3,(H,15,17)(H,16,18)(H,19,20). The highest BCUT2D eigenvalue weighted by atomic mass is 16.4. The number of carbonyl (C=O) groups is 2. The quantitative estimate of drug-likeness (QED) is 0.772. The molecule has 1 aromatic heterocycles. The van der Waals surface area contributed by atoms with E-state index in [-0.39, 0.29) is 11.1 Å². The molecule has 0 bridgehead atoms. The van der Waals surface area contributed by atoms with Crippen molar-refractivity contribution in [1.82, 2.24) is 10.3 Å². The number of hydrogen-bond donors (Lipinski definition) is 3. The van der Waals surface area contributed by atoms with Gasteiger partial charge in [-0.15, -0.1) is 0 Å². The number of carbonyl (C=O) groups excluding carboxylic acids is 1. The molecule has 3 N–H and O–H groups in total. The average molecular weight is 278 g/mol. The molecule has 1 heterocycles. The van der Waals surface area contributed by atoms with Gasteiger partial charge in [0, 0.05) is 17.8 Å². The lowest BCUT2D eigenvalue weighted by Gasteiger charge is -2.36. The van der Waals surface area contributed by atoms with Crippen LogP contribution in [0.15, 0.2) is 23.1 Å². The monoisotopic (exact) mass is 278 g/mol. The van der Waals surface area contributed by atoms with Crippen molar-refractivity contribution in [2.75, 3.05) is 0 Å². The van der Waals surface area contributed by atoms with Crippen molar-refractivity contribution in [3.8, 4) is 0 Å². The first kappa shape index (κ1) is 14.3. The molecule has 1 aliphatic carbocycles. The number of hydrogen-bond acceptors (Lipinski definition) is 3. The Labute approximate surface area is 116 Å². The Bertz CT molecular complexity index is 571. The van der Waals surface area contributed by atoms with Crippen LogP contribution in [0.3, 0.4) is 0 Å². The van der Waals surface area contributed by atoms with Gasteiger partial charge in [-0.05, 0) is 37.7 Å². The van der Waals surface area contributed by atoms with E-state index in [4.69, 9.17) is 0 Å². The van der Waals surface area contributed by atoms with E-state index in [1.54, 1.807) is 0 Å². The highest BCUT2D eigenvalue weighted by molar-refractivity contribution is 5.97. The smallest absolute Gasteiger partial charge is 0.329 e. The molecular weight excluding hydrogens is 260 g/mol. The van der Waals surface area contributed by atoms with Crippen molar-refractivity contribution < 1.29 is 14.7 Å². The van der Waals surface area contributed by atoms with Crippen molar-refractivity contribution in [1.29, 1.82) is 0 Å². The summed E-state index contributed by atoms with van der Waals surface area (Å²) in [6.45, 7) is 2.07. The summed E-state index contributed by atoms with van der Waals surface area (Å²) in [5, 5.41) is 12.0. The molecule has 0 radical (unpaired) electrons. The van der Waals surface area contributed by atoms with Crippen LogP contribution in [0.2, 0.25) is 0 Å². The number of amides is 1. The molecule has 1 amide bonds. The van der Waals surface area contributed by atoms with E-state index in [1.165, 1.54) is 12.3 Å². The predicted octanol–water partition coefficient (Wildman–Crippen LogP) is 1.14. The molecule has 6 heteroatoms. The van der Waals surface area contributed by atoms with E-state index in [2.05, 4.69) is 17.2 Å². The zero-order valence-electron chi connectivity index (χ0n) is 11.3. The lowest BCUT2D eigenvalue weighted by molar-refractivity contribution is -0.146. The first-order valence-corrected chi connectivity index (χ1v) is 6.67. The fraction of sp³-hybridized carbons (Fsp3) is 0.500.